The minimum Gasteiger partial charge on any atom is -0.450 e. The zero-order chi connectivity index (χ0) is 19.0. The molecule has 2 rings (SSSR count). The maximum Gasteiger partial charge on any atom is 0.344 e. The fraction of sp³-hybridized carbons (Fsp3) is 0.591. The van der Waals surface area contributed by atoms with E-state index in [1.165, 1.54) is 0 Å². The molecule has 0 aromatic heterocycles. The molecule has 1 aromatic rings. The van der Waals surface area contributed by atoms with E-state index < -0.39 is 11.6 Å². The van der Waals surface area contributed by atoms with Gasteiger partial charge in [0, 0.05) is 24.7 Å². The molecule has 0 saturated heterocycles. The van der Waals surface area contributed by atoms with Crippen molar-refractivity contribution >= 4 is 11.7 Å². The summed E-state index contributed by atoms with van der Waals surface area (Å²) in [6, 6.07) is 7.70. The summed E-state index contributed by atoms with van der Waals surface area (Å²) >= 11 is 0. The van der Waals surface area contributed by atoms with Gasteiger partial charge < -0.3 is 14.7 Å². The van der Waals surface area contributed by atoms with Gasteiger partial charge in [-0.2, -0.15) is 0 Å². The summed E-state index contributed by atoms with van der Waals surface area (Å²) < 4.78 is 5.30. The molecule has 0 aliphatic heterocycles. The second-order valence-electron chi connectivity index (χ2n) is 6.82. The van der Waals surface area contributed by atoms with Crippen LogP contribution in [0.3, 0.4) is 0 Å². The number of aliphatic hydroxyl groups is 1. The largest absolute Gasteiger partial charge is 0.450 e. The van der Waals surface area contributed by atoms with Crippen LogP contribution < -0.4 is 4.90 Å². The molecule has 1 saturated carbocycles. The maximum atomic E-state index is 12.8. The Labute approximate surface area is 157 Å². The number of nitrogens with zero attached hydrogens (tertiary/aromatic N) is 1. The molecule has 4 heteroatoms. The van der Waals surface area contributed by atoms with Gasteiger partial charge >= 0.3 is 5.97 Å². The van der Waals surface area contributed by atoms with E-state index in [1.807, 2.05) is 24.3 Å². The molecule has 26 heavy (non-hydrogen) atoms. The second kappa shape index (κ2) is 9.64. The van der Waals surface area contributed by atoms with E-state index in [2.05, 4.69) is 30.6 Å². The van der Waals surface area contributed by atoms with Gasteiger partial charge in [-0.3, -0.25) is 0 Å². The number of hydrogen-bond donors (Lipinski definition) is 1. The van der Waals surface area contributed by atoms with E-state index in [0.29, 0.717) is 5.56 Å². The van der Waals surface area contributed by atoms with Crippen molar-refractivity contribution in [2.75, 3.05) is 24.6 Å². The van der Waals surface area contributed by atoms with Crippen molar-refractivity contribution in [3.8, 4) is 11.8 Å². The molecule has 0 heterocycles. The number of hydrogen-bond acceptors (Lipinski definition) is 4. The monoisotopic (exact) mass is 357 g/mol. The summed E-state index contributed by atoms with van der Waals surface area (Å²) in [6.07, 6.45) is 4.90. The van der Waals surface area contributed by atoms with Crippen molar-refractivity contribution in [3.63, 3.8) is 0 Å². The summed E-state index contributed by atoms with van der Waals surface area (Å²) in [7, 11) is 0. The lowest BCUT2D eigenvalue weighted by Crippen LogP contribution is -2.45. The number of ether oxygens (including phenoxy) is 1. The fourth-order valence-corrected chi connectivity index (χ4v) is 3.84. The molecule has 1 N–H and O–H groups in total. The molecule has 0 radical (unpaired) electrons. The van der Waals surface area contributed by atoms with Gasteiger partial charge in [0.25, 0.3) is 0 Å². The third-order valence-corrected chi connectivity index (χ3v) is 5.40. The normalized spacial score (nSPS) is 16.9. The first-order valence-electron chi connectivity index (χ1n) is 9.72. The standard InChI is InChI=1S/C22H31NO3/c1-4-7-17-26-21(24)22(25,18-11-9-8-10-12-18)19-13-15-20(16-14-19)23(5-2)6-3/h13-16,18,25H,5-6,8-12,17H2,1-3H3. The van der Waals surface area contributed by atoms with Crippen LogP contribution in [0.2, 0.25) is 0 Å². The average Bonchev–Trinajstić information content (AvgIpc) is 2.69. The van der Waals surface area contributed by atoms with Crippen molar-refractivity contribution in [1.82, 2.24) is 0 Å². The molecule has 0 spiro atoms. The van der Waals surface area contributed by atoms with E-state index in [9.17, 15) is 9.90 Å². The number of benzene rings is 1. The van der Waals surface area contributed by atoms with Crippen LogP contribution in [0.4, 0.5) is 5.69 Å². The Hall–Kier alpha value is -1.99. The average molecular weight is 357 g/mol. The zero-order valence-corrected chi connectivity index (χ0v) is 16.3. The molecule has 1 aliphatic carbocycles. The molecule has 1 atom stereocenters. The zero-order valence-electron chi connectivity index (χ0n) is 16.3. The molecule has 1 aromatic carbocycles. The molecule has 1 aliphatic rings. The Kier molecular flexibility index (Phi) is 7.53. The van der Waals surface area contributed by atoms with Crippen LogP contribution in [0.15, 0.2) is 24.3 Å². The van der Waals surface area contributed by atoms with E-state index in [0.717, 1.165) is 50.9 Å². The minimum atomic E-state index is -1.60. The highest BCUT2D eigenvalue weighted by Crippen LogP contribution is 2.40. The van der Waals surface area contributed by atoms with Crippen LogP contribution in [0, 0.1) is 17.8 Å². The van der Waals surface area contributed by atoms with Crippen molar-refractivity contribution < 1.29 is 14.6 Å². The van der Waals surface area contributed by atoms with Crippen LogP contribution in [0.25, 0.3) is 0 Å². The lowest BCUT2D eigenvalue weighted by atomic mass is 9.73. The van der Waals surface area contributed by atoms with Crippen molar-refractivity contribution in [3.05, 3.63) is 29.8 Å². The highest BCUT2D eigenvalue weighted by Gasteiger charge is 2.47. The number of esters is 1. The van der Waals surface area contributed by atoms with E-state index in [4.69, 9.17) is 4.74 Å². The Morgan fingerprint density at radius 1 is 1.19 bits per heavy atom. The third kappa shape index (κ3) is 4.40. The lowest BCUT2D eigenvalue weighted by Gasteiger charge is -2.36. The highest BCUT2D eigenvalue weighted by molar-refractivity contribution is 5.82. The minimum absolute atomic E-state index is 0.0158. The highest BCUT2D eigenvalue weighted by atomic mass is 16.5. The fourth-order valence-electron chi connectivity index (χ4n) is 3.84. The molecular formula is C22H31NO3. The smallest absolute Gasteiger partial charge is 0.344 e. The van der Waals surface area contributed by atoms with Gasteiger partial charge in [-0.1, -0.05) is 37.3 Å². The quantitative estimate of drug-likeness (QED) is 0.594. The molecule has 1 unspecified atom stereocenters. The van der Waals surface area contributed by atoms with Crippen molar-refractivity contribution in [2.45, 2.75) is 58.5 Å². The molecule has 0 amide bonds. The van der Waals surface area contributed by atoms with Crippen LogP contribution in [0.1, 0.15) is 58.4 Å². The lowest BCUT2D eigenvalue weighted by molar-refractivity contribution is -0.174. The predicted octanol–water partition coefficient (Wildman–Crippen LogP) is 3.87. The first kappa shape index (κ1) is 20.3. The maximum absolute atomic E-state index is 12.8. The molecular weight excluding hydrogens is 326 g/mol. The van der Waals surface area contributed by atoms with Crippen LogP contribution in [-0.2, 0) is 15.1 Å². The molecule has 4 nitrogen and oxygen atoms in total. The first-order chi connectivity index (χ1) is 12.6. The van der Waals surface area contributed by atoms with Gasteiger partial charge in [-0.15, -0.1) is 5.92 Å². The second-order valence-corrected chi connectivity index (χ2v) is 6.82. The topological polar surface area (TPSA) is 49.8 Å². The summed E-state index contributed by atoms with van der Waals surface area (Å²) in [5.41, 5.74) is 0.113. The number of rotatable bonds is 7. The van der Waals surface area contributed by atoms with Crippen LogP contribution in [0.5, 0.6) is 0 Å². The van der Waals surface area contributed by atoms with E-state index in [1.54, 1.807) is 6.92 Å². The Balaban J connectivity index is 2.32. The number of anilines is 1. The van der Waals surface area contributed by atoms with Gasteiger partial charge in [-0.25, -0.2) is 4.79 Å². The van der Waals surface area contributed by atoms with Gasteiger partial charge in [0.2, 0.25) is 0 Å². The number of carbonyl (C=O) groups excluding carboxylic acids is 1. The van der Waals surface area contributed by atoms with Crippen LogP contribution in [-0.4, -0.2) is 30.8 Å². The molecule has 1 fully saturated rings. The van der Waals surface area contributed by atoms with E-state index >= 15 is 0 Å². The molecule has 142 valence electrons. The Morgan fingerprint density at radius 2 is 1.81 bits per heavy atom. The van der Waals surface area contributed by atoms with Crippen molar-refractivity contribution in [2.24, 2.45) is 5.92 Å². The van der Waals surface area contributed by atoms with Gasteiger partial charge in [-0.05, 0) is 51.3 Å². The predicted molar refractivity (Wildman–Crippen MR) is 105 cm³/mol. The van der Waals surface area contributed by atoms with Gasteiger partial charge in [0.15, 0.2) is 12.2 Å². The summed E-state index contributed by atoms with van der Waals surface area (Å²) in [5.74, 6) is 4.75. The molecule has 0 bridgehead atoms. The third-order valence-electron chi connectivity index (χ3n) is 5.40. The summed E-state index contributed by atoms with van der Waals surface area (Å²) in [4.78, 5) is 15.1. The van der Waals surface area contributed by atoms with Crippen molar-refractivity contribution in [1.29, 1.82) is 0 Å². The SMILES string of the molecule is CC#CCOC(=O)C(O)(c1ccc(N(CC)CC)cc1)C1CCCCC1. The Morgan fingerprint density at radius 3 is 2.35 bits per heavy atom. The van der Waals surface area contributed by atoms with Gasteiger partial charge in [0.05, 0.1) is 0 Å². The summed E-state index contributed by atoms with van der Waals surface area (Å²) in [6.45, 7) is 7.78. The van der Waals surface area contributed by atoms with Gasteiger partial charge in [0.1, 0.15) is 0 Å². The van der Waals surface area contributed by atoms with E-state index in [-0.39, 0.29) is 12.5 Å². The number of carbonyl (C=O) groups is 1. The Bertz CT molecular complexity index is 634. The van der Waals surface area contributed by atoms with Crippen LogP contribution >= 0.6 is 0 Å². The first-order valence-corrected chi connectivity index (χ1v) is 9.72. The summed E-state index contributed by atoms with van der Waals surface area (Å²) in [5, 5.41) is 11.5.